The van der Waals surface area contributed by atoms with Gasteiger partial charge in [-0.2, -0.15) is 0 Å². The van der Waals surface area contributed by atoms with Crippen molar-refractivity contribution in [1.82, 2.24) is 10.6 Å². The molecule has 2 N–H and O–H groups in total. The number of amides is 1. The fourth-order valence-electron chi connectivity index (χ4n) is 1.80. The summed E-state index contributed by atoms with van der Waals surface area (Å²) in [5.74, 6) is 1.15. The van der Waals surface area contributed by atoms with Gasteiger partial charge in [-0.25, -0.2) is 0 Å². The molecule has 1 amide bonds. The van der Waals surface area contributed by atoms with Crippen LogP contribution < -0.4 is 10.6 Å². The van der Waals surface area contributed by atoms with Gasteiger partial charge >= 0.3 is 0 Å². The van der Waals surface area contributed by atoms with E-state index in [1.807, 2.05) is 6.92 Å². The van der Waals surface area contributed by atoms with Gasteiger partial charge in [0.05, 0.1) is 0 Å². The molecular weight excluding hydrogens is 188 g/mol. The number of hydrogen-bond donors (Lipinski definition) is 2. The minimum absolute atomic E-state index is 0.180. The van der Waals surface area contributed by atoms with Crippen LogP contribution in [0.5, 0.6) is 0 Å². The molecule has 3 nitrogen and oxygen atoms in total. The molecule has 15 heavy (non-hydrogen) atoms. The SMILES string of the molecule is CCNC(C)CC(=O)NCCCC1CC1. The van der Waals surface area contributed by atoms with E-state index >= 15 is 0 Å². The Hall–Kier alpha value is -0.570. The minimum Gasteiger partial charge on any atom is -0.356 e. The lowest BCUT2D eigenvalue weighted by atomic mass is 10.2. The Labute approximate surface area is 93.0 Å². The first kappa shape index (κ1) is 12.5. The van der Waals surface area contributed by atoms with E-state index in [1.54, 1.807) is 0 Å². The number of rotatable bonds is 8. The van der Waals surface area contributed by atoms with Crippen LogP contribution in [-0.2, 0) is 4.79 Å². The van der Waals surface area contributed by atoms with Crippen molar-refractivity contribution in [3.05, 3.63) is 0 Å². The first-order chi connectivity index (χ1) is 7.22. The third kappa shape index (κ3) is 6.50. The molecule has 1 aliphatic rings. The zero-order chi connectivity index (χ0) is 11.1. The average Bonchev–Trinajstić information content (AvgIpc) is 2.96. The van der Waals surface area contributed by atoms with E-state index in [1.165, 1.54) is 19.3 Å². The van der Waals surface area contributed by atoms with E-state index in [9.17, 15) is 4.79 Å². The molecule has 1 rings (SSSR count). The van der Waals surface area contributed by atoms with E-state index in [-0.39, 0.29) is 5.91 Å². The molecule has 0 aromatic heterocycles. The molecule has 0 radical (unpaired) electrons. The summed E-state index contributed by atoms with van der Waals surface area (Å²) in [4.78, 5) is 11.4. The quantitative estimate of drug-likeness (QED) is 0.601. The standard InChI is InChI=1S/C12H24N2O/c1-3-13-10(2)9-12(15)14-8-4-5-11-6-7-11/h10-11,13H,3-9H2,1-2H3,(H,14,15). The Bertz CT molecular complexity index is 190. The highest BCUT2D eigenvalue weighted by Gasteiger charge is 2.20. The predicted molar refractivity (Wildman–Crippen MR) is 62.7 cm³/mol. The van der Waals surface area contributed by atoms with E-state index < -0.39 is 0 Å². The molecule has 1 unspecified atom stereocenters. The normalized spacial score (nSPS) is 17.5. The molecule has 1 fully saturated rings. The van der Waals surface area contributed by atoms with Gasteiger partial charge in [0.15, 0.2) is 0 Å². The topological polar surface area (TPSA) is 41.1 Å². The first-order valence-corrected chi connectivity index (χ1v) is 6.22. The second-order valence-corrected chi connectivity index (χ2v) is 4.60. The van der Waals surface area contributed by atoms with Crippen molar-refractivity contribution in [2.24, 2.45) is 5.92 Å². The molecule has 0 saturated heterocycles. The van der Waals surface area contributed by atoms with E-state index in [0.717, 1.165) is 25.4 Å². The molecule has 0 heterocycles. The molecule has 1 saturated carbocycles. The summed E-state index contributed by atoms with van der Waals surface area (Å²) in [6.07, 6.45) is 5.85. The lowest BCUT2D eigenvalue weighted by Gasteiger charge is -2.11. The van der Waals surface area contributed by atoms with Crippen molar-refractivity contribution in [3.8, 4) is 0 Å². The lowest BCUT2D eigenvalue weighted by molar-refractivity contribution is -0.121. The molecule has 1 atom stereocenters. The van der Waals surface area contributed by atoms with Crippen LogP contribution in [0, 0.1) is 5.92 Å². The molecule has 3 heteroatoms. The Morgan fingerprint density at radius 3 is 2.80 bits per heavy atom. The van der Waals surface area contributed by atoms with Gasteiger partial charge in [-0.15, -0.1) is 0 Å². The van der Waals surface area contributed by atoms with Crippen LogP contribution in [0.3, 0.4) is 0 Å². The first-order valence-electron chi connectivity index (χ1n) is 6.22. The molecule has 0 aromatic carbocycles. The van der Waals surface area contributed by atoms with Gasteiger partial charge in [0, 0.05) is 19.0 Å². The molecule has 0 aliphatic heterocycles. The Kier molecular flexibility index (Phi) is 5.69. The van der Waals surface area contributed by atoms with E-state index in [4.69, 9.17) is 0 Å². The maximum atomic E-state index is 11.4. The van der Waals surface area contributed by atoms with Crippen LogP contribution in [0.2, 0.25) is 0 Å². The monoisotopic (exact) mass is 212 g/mol. The fraction of sp³-hybridized carbons (Fsp3) is 0.917. The second-order valence-electron chi connectivity index (χ2n) is 4.60. The van der Waals surface area contributed by atoms with Gasteiger partial charge in [0.2, 0.25) is 5.91 Å². The molecule has 0 bridgehead atoms. The van der Waals surface area contributed by atoms with Crippen LogP contribution in [0.4, 0.5) is 0 Å². The smallest absolute Gasteiger partial charge is 0.221 e. The maximum absolute atomic E-state index is 11.4. The van der Waals surface area contributed by atoms with Crippen LogP contribution >= 0.6 is 0 Å². The highest BCUT2D eigenvalue weighted by Crippen LogP contribution is 2.33. The maximum Gasteiger partial charge on any atom is 0.221 e. The van der Waals surface area contributed by atoms with Crippen molar-refractivity contribution in [3.63, 3.8) is 0 Å². The Morgan fingerprint density at radius 1 is 1.47 bits per heavy atom. The summed E-state index contributed by atoms with van der Waals surface area (Å²) in [5.41, 5.74) is 0. The molecule has 1 aliphatic carbocycles. The zero-order valence-electron chi connectivity index (χ0n) is 10.0. The fourth-order valence-corrected chi connectivity index (χ4v) is 1.80. The summed E-state index contributed by atoms with van der Waals surface area (Å²) in [6.45, 7) is 5.89. The number of carbonyl (C=O) groups excluding carboxylic acids is 1. The average molecular weight is 212 g/mol. The minimum atomic E-state index is 0.180. The van der Waals surface area contributed by atoms with Gasteiger partial charge in [0.1, 0.15) is 0 Å². The highest BCUT2D eigenvalue weighted by atomic mass is 16.1. The van der Waals surface area contributed by atoms with Gasteiger partial charge in [0.25, 0.3) is 0 Å². The van der Waals surface area contributed by atoms with Crippen molar-refractivity contribution in [2.75, 3.05) is 13.1 Å². The largest absolute Gasteiger partial charge is 0.356 e. The van der Waals surface area contributed by atoms with Crippen LogP contribution in [0.15, 0.2) is 0 Å². The molecule has 0 aromatic rings. The van der Waals surface area contributed by atoms with Gasteiger partial charge in [-0.3, -0.25) is 4.79 Å². The van der Waals surface area contributed by atoms with Crippen molar-refractivity contribution >= 4 is 5.91 Å². The lowest BCUT2D eigenvalue weighted by Crippen LogP contribution is -2.34. The summed E-state index contributed by atoms with van der Waals surface area (Å²) >= 11 is 0. The summed E-state index contributed by atoms with van der Waals surface area (Å²) in [5, 5.41) is 6.21. The number of hydrogen-bond acceptors (Lipinski definition) is 2. The second kappa shape index (κ2) is 6.83. The summed E-state index contributed by atoms with van der Waals surface area (Å²) < 4.78 is 0. The van der Waals surface area contributed by atoms with Crippen molar-refractivity contribution in [2.45, 2.75) is 52.0 Å². The molecule has 88 valence electrons. The van der Waals surface area contributed by atoms with Crippen LogP contribution in [0.1, 0.15) is 46.0 Å². The van der Waals surface area contributed by atoms with E-state index in [0.29, 0.717) is 12.5 Å². The Morgan fingerprint density at radius 2 is 2.20 bits per heavy atom. The molecular formula is C12H24N2O. The molecule has 0 spiro atoms. The Balaban J connectivity index is 1.92. The van der Waals surface area contributed by atoms with Gasteiger partial charge in [-0.05, 0) is 32.2 Å². The van der Waals surface area contributed by atoms with Crippen LogP contribution in [0.25, 0.3) is 0 Å². The number of carbonyl (C=O) groups is 1. The van der Waals surface area contributed by atoms with Gasteiger partial charge in [-0.1, -0.05) is 19.8 Å². The summed E-state index contributed by atoms with van der Waals surface area (Å²) in [6, 6.07) is 0.290. The third-order valence-corrected chi connectivity index (χ3v) is 2.85. The van der Waals surface area contributed by atoms with Crippen molar-refractivity contribution in [1.29, 1.82) is 0 Å². The summed E-state index contributed by atoms with van der Waals surface area (Å²) in [7, 11) is 0. The van der Waals surface area contributed by atoms with Gasteiger partial charge < -0.3 is 10.6 Å². The zero-order valence-corrected chi connectivity index (χ0v) is 10.0. The highest BCUT2D eigenvalue weighted by molar-refractivity contribution is 5.76. The predicted octanol–water partition coefficient (Wildman–Crippen LogP) is 1.68. The number of nitrogens with one attached hydrogen (secondary N) is 2. The van der Waals surface area contributed by atoms with Crippen LogP contribution in [-0.4, -0.2) is 25.0 Å². The van der Waals surface area contributed by atoms with Crippen molar-refractivity contribution < 1.29 is 4.79 Å². The third-order valence-electron chi connectivity index (χ3n) is 2.85. The van der Waals surface area contributed by atoms with E-state index in [2.05, 4.69) is 17.6 Å².